The standard InChI is InChI=1S/C18H28O/c1-6-7-17(19)13-14(2)12-15-8-10-16(11-9-15)18(3,4)5/h8-11,14H,6-7,12-13H2,1-5H3. The third-order valence-corrected chi connectivity index (χ3v) is 3.51. The van der Waals surface area contributed by atoms with Crippen LogP contribution in [0.2, 0.25) is 0 Å². The molecule has 1 unspecified atom stereocenters. The SMILES string of the molecule is CCCC(=O)CC(C)Cc1ccc(C(C)(C)C)cc1. The Morgan fingerprint density at radius 1 is 1.16 bits per heavy atom. The summed E-state index contributed by atoms with van der Waals surface area (Å²) in [6.07, 6.45) is 3.41. The molecule has 0 bridgehead atoms. The molecule has 0 fully saturated rings. The molecule has 0 N–H and O–H groups in total. The molecule has 1 atom stereocenters. The first-order valence-electron chi connectivity index (χ1n) is 7.44. The molecule has 0 aliphatic carbocycles. The molecule has 106 valence electrons. The van der Waals surface area contributed by atoms with E-state index >= 15 is 0 Å². The number of carbonyl (C=O) groups is 1. The maximum Gasteiger partial charge on any atom is 0.133 e. The van der Waals surface area contributed by atoms with Crippen LogP contribution < -0.4 is 0 Å². The van der Waals surface area contributed by atoms with Crippen LogP contribution in [0.15, 0.2) is 24.3 Å². The molecule has 1 rings (SSSR count). The van der Waals surface area contributed by atoms with Crippen LogP contribution in [0.4, 0.5) is 0 Å². The number of hydrogen-bond donors (Lipinski definition) is 0. The van der Waals surface area contributed by atoms with Gasteiger partial charge in [-0.1, -0.05) is 58.9 Å². The minimum atomic E-state index is 0.210. The van der Waals surface area contributed by atoms with Crippen molar-refractivity contribution in [1.82, 2.24) is 0 Å². The Balaban J connectivity index is 2.56. The van der Waals surface area contributed by atoms with E-state index in [2.05, 4.69) is 58.9 Å². The van der Waals surface area contributed by atoms with Gasteiger partial charge in [-0.2, -0.15) is 0 Å². The second kappa shape index (κ2) is 6.88. The van der Waals surface area contributed by atoms with Gasteiger partial charge in [0.1, 0.15) is 5.78 Å². The molecule has 0 amide bonds. The van der Waals surface area contributed by atoms with Gasteiger partial charge >= 0.3 is 0 Å². The quantitative estimate of drug-likeness (QED) is 0.709. The van der Waals surface area contributed by atoms with Gasteiger partial charge in [0, 0.05) is 12.8 Å². The third kappa shape index (κ3) is 5.59. The summed E-state index contributed by atoms with van der Waals surface area (Å²) in [5.74, 6) is 0.848. The van der Waals surface area contributed by atoms with E-state index < -0.39 is 0 Å². The second-order valence-electron chi connectivity index (χ2n) is 6.75. The molecule has 0 aliphatic rings. The predicted molar refractivity (Wildman–Crippen MR) is 82.5 cm³/mol. The summed E-state index contributed by atoms with van der Waals surface area (Å²) < 4.78 is 0. The van der Waals surface area contributed by atoms with E-state index in [0.29, 0.717) is 11.7 Å². The van der Waals surface area contributed by atoms with E-state index in [1.807, 2.05) is 0 Å². The van der Waals surface area contributed by atoms with Crippen LogP contribution in [0.25, 0.3) is 0 Å². The number of rotatable bonds is 6. The minimum absolute atomic E-state index is 0.210. The van der Waals surface area contributed by atoms with Crippen LogP contribution >= 0.6 is 0 Å². The van der Waals surface area contributed by atoms with E-state index in [4.69, 9.17) is 0 Å². The van der Waals surface area contributed by atoms with Crippen molar-refractivity contribution in [3.05, 3.63) is 35.4 Å². The summed E-state index contributed by atoms with van der Waals surface area (Å²) >= 11 is 0. The molecule has 0 radical (unpaired) electrons. The molecule has 0 aromatic heterocycles. The first-order chi connectivity index (χ1) is 8.82. The van der Waals surface area contributed by atoms with Crippen LogP contribution in [-0.4, -0.2) is 5.78 Å². The fourth-order valence-corrected chi connectivity index (χ4v) is 2.38. The monoisotopic (exact) mass is 260 g/mol. The maximum atomic E-state index is 11.6. The molecule has 1 nitrogen and oxygen atoms in total. The van der Waals surface area contributed by atoms with E-state index in [1.54, 1.807) is 0 Å². The number of ketones is 1. The molecule has 0 aliphatic heterocycles. The average Bonchev–Trinajstić information content (AvgIpc) is 2.28. The van der Waals surface area contributed by atoms with Crippen LogP contribution in [0.5, 0.6) is 0 Å². The van der Waals surface area contributed by atoms with Gasteiger partial charge in [0.2, 0.25) is 0 Å². The van der Waals surface area contributed by atoms with Crippen molar-refractivity contribution in [2.45, 2.75) is 65.7 Å². The maximum absolute atomic E-state index is 11.6. The number of Topliss-reactive ketones (excluding diaryl/α,β-unsaturated/α-hetero) is 1. The smallest absolute Gasteiger partial charge is 0.133 e. The second-order valence-corrected chi connectivity index (χ2v) is 6.75. The molecular formula is C18H28O. The molecule has 0 heterocycles. The Morgan fingerprint density at radius 3 is 2.21 bits per heavy atom. The van der Waals surface area contributed by atoms with Gasteiger partial charge in [-0.15, -0.1) is 0 Å². The molecule has 19 heavy (non-hydrogen) atoms. The highest BCUT2D eigenvalue weighted by molar-refractivity contribution is 5.78. The van der Waals surface area contributed by atoms with Gasteiger partial charge < -0.3 is 0 Å². The fraction of sp³-hybridized carbons (Fsp3) is 0.611. The Kier molecular flexibility index (Phi) is 5.78. The van der Waals surface area contributed by atoms with Crippen molar-refractivity contribution in [3.8, 4) is 0 Å². The Labute approximate surface area is 118 Å². The van der Waals surface area contributed by atoms with Crippen molar-refractivity contribution in [3.63, 3.8) is 0 Å². The Hall–Kier alpha value is -1.11. The van der Waals surface area contributed by atoms with Gasteiger partial charge in [-0.05, 0) is 35.3 Å². The summed E-state index contributed by atoms with van der Waals surface area (Å²) in [5.41, 5.74) is 2.91. The van der Waals surface area contributed by atoms with Gasteiger partial charge in [-0.25, -0.2) is 0 Å². The largest absolute Gasteiger partial charge is 0.300 e. The summed E-state index contributed by atoms with van der Waals surface area (Å²) in [6, 6.07) is 8.86. The third-order valence-electron chi connectivity index (χ3n) is 3.51. The molecular weight excluding hydrogens is 232 g/mol. The highest BCUT2D eigenvalue weighted by Gasteiger charge is 2.14. The van der Waals surface area contributed by atoms with Crippen molar-refractivity contribution < 1.29 is 4.79 Å². The zero-order chi connectivity index (χ0) is 14.5. The minimum Gasteiger partial charge on any atom is -0.300 e. The van der Waals surface area contributed by atoms with Gasteiger partial charge in [0.15, 0.2) is 0 Å². The van der Waals surface area contributed by atoms with E-state index in [9.17, 15) is 4.79 Å². The van der Waals surface area contributed by atoms with Crippen molar-refractivity contribution in [2.75, 3.05) is 0 Å². The van der Waals surface area contributed by atoms with Gasteiger partial charge in [-0.3, -0.25) is 4.79 Å². The molecule has 0 saturated carbocycles. The molecule has 1 aromatic carbocycles. The van der Waals surface area contributed by atoms with Crippen LogP contribution in [0.3, 0.4) is 0 Å². The van der Waals surface area contributed by atoms with Gasteiger partial charge in [0.25, 0.3) is 0 Å². The summed E-state index contributed by atoms with van der Waals surface area (Å²) in [7, 11) is 0. The normalized spacial score (nSPS) is 13.3. The molecule has 1 heteroatoms. The van der Waals surface area contributed by atoms with E-state index in [1.165, 1.54) is 11.1 Å². The van der Waals surface area contributed by atoms with Crippen LogP contribution in [0, 0.1) is 5.92 Å². The van der Waals surface area contributed by atoms with E-state index in [-0.39, 0.29) is 5.41 Å². The molecule has 0 spiro atoms. The van der Waals surface area contributed by atoms with Crippen molar-refractivity contribution >= 4 is 5.78 Å². The van der Waals surface area contributed by atoms with Crippen molar-refractivity contribution in [2.24, 2.45) is 5.92 Å². The fourth-order valence-electron chi connectivity index (χ4n) is 2.38. The summed E-state index contributed by atoms with van der Waals surface area (Å²) in [4.78, 5) is 11.6. The van der Waals surface area contributed by atoms with Gasteiger partial charge in [0.05, 0.1) is 0 Å². The Bertz CT molecular complexity index is 395. The number of hydrogen-bond acceptors (Lipinski definition) is 1. The highest BCUT2D eigenvalue weighted by Crippen LogP contribution is 2.23. The Morgan fingerprint density at radius 2 is 1.74 bits per heavy atom. The lowest BCUT2D eigenvalue weighted by Crippen LogP contribution is -2.11. The lowest BCUT2D eigenvalue weighted by molar-refractivity contribution is -0.119. The predicted octanol–water partition coefficient (Wildman–Crippen LogP) is 4.92. The zero-order valence-corrected chi connectivity index (χ0v) is 13.1. The average molecular weight is 260 g/mol. The lowest BCUT2D eigenvalue weighted by atomic mass is 9.86. The van der Waals surface area contributed by atoms with Crippen LogP contribution in [-0.2, 0) is 16.6 Å². The summed E-state index contributed by atoms with van der Waals surface area (Å²) in [6.45, 7) is 10.9. The topological polar surface area (TPSA) is 17.1 Å². The molecule has 1 aromatic rings. The number of carbonyl (C=O) groups excluding carboxylic acids is 1. The first kappa shape index (κ1) is 15.9. The lowest BCUT2D eigenvalue weighted by Gasteiger charge is -2.19. The highest BCUT2D eigenvalue weighted by atomic mass is 16.1. The van der Waals surface area contributed by atoms with Crippen LogP contribution in [0.1, 0.15) is 65.0 Å². The number of benzene rings is 1. The zero-order valence-electron chi connectivity index (χ0n) is 13.1. The van der Waals surface area contributed by atoms with E-state index in [0.717, 1.165) is 25.7 Å². The summed E-state index contributed by atoms with van der Waals surface area (Å²) in [5, 5.41) is 0. The molecule has 0 saturated heterocycles. The first-order valence-corrected chi connectivity index (χ1v) is 7.44. The van der Waals surface area contributed by atoms with Crippen molar-refractivity contribution in [1.29, 1.82) is 0 Å².